The first kappa shape index (κ1) is 22.2. The Labute approximate surface area is 177 Å². The number of anilines is 1. The van der Waals surface area contributed by atoms with Crippen LogP contribution in [0.4, 0.5) is 19.1 Å². The van der Waals surface area contributed by atoms with Crippen LogP contribution in [0.25, 0.3) is 0 Å². The van der Waals surface area contributed by atoms with Crippen LogP contribution >= 0.6 is 11.3 Å². The Balaban J connectivity index is 1.31. The molecule has 2 N–H and O–H groups in total. The summed E-state index contributed by atoms with van der Waals surface area (Å²) in [6.45, 7) is 5.57. The molecule has 12 heteroatoms. The van der Waals surface area contributed by atoms with Crippen LogP contribution in [0.15, 0.2) is 28.8 Å². The first-order valence-corrected chi connectivity index (χ1v) is 10.5. The molecular formula is C18H25F3N8S. The number of thiazole rings is 1. The van der Waals surface area contributed by atoms with Gasteiger partial charge in [-0.25, -0.2) is 15.0 Å². The van der Waals surface area contributed by atoms with Crippen LogP contribution in [0.5, 0.6) is 0 Å². The predicted molar refractivity (Wildman–Crippen MR) is 111 cm³/mol. The van der Waals surface area contributed by atoms with Gasteiger partial charge in [0.15, 0.2) is 11.7 Å². The number of guanidine groups is 1. The van der Waals surface area contributed by atoms with E-state index in [0.717, 1.165) is 61.8 Å². The van der Waals surface area contributed by atoms with Crippen LogP contribution in [0.1, 0.15) is 17.1 Å². The summed E-state index contributed by atoms with van der Waals surface area (Å²) in [5.41, 5.74) is -0.855. The number of hydrogen-bond donors (Lipinski definition) is 2. The van der Waals surface area contributed by atoms with E-state index in [4.69, 9.17) is 0 Å². The van der Waals surface area contributed by atoms with Gasteiger partial charge in [-0.3, -0.25) is 9.89 Å². The van der Waals surface area contributed by atoms with E-state index >= 15 is 0 Å². The first-order chi connectivity index (χ1) is 14.5. The normalized spacial score (nSPS) is 16.0. The van der Waals surface area contributed by atoms with Crippen LogP contribution in [-0.2, 0) is 12.7 Å². The lowest BCUT2D eigenvalue weighted by molar-refractivity contribution is -0.140. The van der Waals surface area contributed by atoms with Crippen molar-refractivity contribution < 1.29 is 13.2 Å². The molecule has 1 saturated heterocycles. The van der Waals surface area contributed by atoms with Crippen molar-refractivity contribution in [2.45, 2.75) is 19.1 Å². The lowest BCUT2D eigenvalue weighted by atomic mass is 10.3. The molecule has 2 aromatic heterocycles. The molecule has 2 aromatic rings. The maximum atomic E-state index is 12.6. The molecule has 1 aliphatic rings. The SMILES string of the molecule is CN=C(NCCCN1CCN(c2ncccn2)CC1)NCc1nc(C(F)(F)F)cs1. The van der Waals surface area contributed by atoms with Gasteiger partial charge in [-0.15, -0.1) is 11.3 Å². The Bertz CT molecular complexity index is 803. The van der Waals surface area contributed by atoms with E-state index < -0.39 is 11.9 Å². The molecule has 0 atom stereocenters. The zero-order valence-corrected chi connectivity index (χ0v) is 17.5. The number of hydrogen-bond acceptors (Lipinski definition) is 7. The van der Waals surface area contributed by atoms with E-state index in [1.807, 2.05) is 6.07 Å². The monoisotopic (exact) mass is 442 g/mol. The Hall–Kier alpha value is -2.47. The average Bonchev–Trinajstić information content (AvgIpc) is 3.24. The number of rotatable bonds is 7. The number of nitrogens with zero attached hydrogens (tertiary/aromatic N) is 6. The summed E-state index contributed by atoms with van der Waals surface area (Å²) in [6, 6.07) is 1.81. The van der Waals surface area contributed by atoms with Crippen LogP contribution in [0, 0.1) is 0 Å². The number of nitrogens with one attached hydrogen (secondary N) is 2. The summed E-state index contributed by atoms with van der Waals surface area (Å²) in [4.78, 5) is 20.9. The molecule has 0 spiro atoms. The zero-order valence-electron chi connectivity index (χ0n) is 16.7. The molecule has 0 amide bonds. The molecule has 0 radical (unpaired) electrons. The van der Waals surface area contributed by atoms with Crippen molar-refractivity contribution in [3.8, 4) is 0 Å². The third kappa shape index (κ3) is 6.52. The largest absolute Gasteiger partial charge is 0.434 e. The summed E-state index contributed by atoms with van der Waals surface area (Å²) in [7, 11) is 1.63. The van der Waals surface area contributed by atoms with Gasteiger partial charge in [0.05, 0.1) is 6.54 Å². The van der Waals surface area contributed by atoms with Gasteiger partial charge in [-0.2, -0.15) is 13.2 Å². The minimum absolute atomic E-state index is 0.198. The van der Waals surface area contributed by atoms with E-state index in [0.29, 0.717) is 17.5 Å². The molecule has 30 heavy (non-hydrogen) atoms. The Morgan fingerprint density at radius 1 is 1.17 bits per heavy atom. The molecule has 0 aliphatic carbocycles. The molecule has 1 aliphatic heterocycles. The van der Waals surface area contributed by atoms with E-state index in [1.165, 1.54) is 0 Å². The second-order valence-corrected chi connectivity index (χ2v) is 7.65. The standard InChI is InChI=1S/C18H25F3N8S/c1-22-16(26-12-15-27-14(13-30-15)18(19,20)21)23-6-3-7-28-8-10-29(11-9-28)17-24-4-2-5-25-17/h2,4-5,13H,3,6-12H2,1H3,(H2,22,23,26). The molecule has 0 saturated carbocycles. The smallest absolute Gasteiger partial charge is 0.356 e. The van der Waals surface area contributed by atoms with Crippen LogP contribution in [0.2, 0.25) is 0 Å². The molecule has 8 nitrogen and oxygen atoms in total. The van der Waals surface area contributed by atoms with Crippen molar-refractivity contribution in [3.63, 3.8) is 0 Å². The second-order valence-electron chi connectivity index (χ2n) is 6.71. The highest BCUT2D eigenvalue weighted by atomic mass is 32.1. The highest BCUT2D eigenvalue weighted by molar-refractivity contribution is 7.09. The highest BCUT2D eigenvalue weighted by Crippen LogP contribution is 2.29. The van der Waals surface area contributed by atoms with Gasteiger partial charge in [0, 0.05) is 57.5 Å². The van der Waals surface area contributed by atoms with Gasteiger partial charge in [-0.05, 0) is 19.0 Å². The average molecular weight is 443 g/mol. The third-order valence-corrected chi connectivity index (χ3v) is 5.47. The number of aromatic nitrogens is 3. The van der Waals surface area contributed by atoms with Crippen molar-refractivity contribution in [3.05, 3.63) is 34.5 Å². The number of halogens is 3. The lowest BCUT2D eigenvalue weighted by Crippen LogP contribution is -2.47. The van der Waals surface area contributed by atoms with Crippen molar-refractivity contribution in [2.75, 3.05) is 51.2 Å². The van der Waals surface area contributed by atoms with Crippen molar-refractivity contribution in [1.29, 1.82) is 0 Å². The first-order valence-electron chi connectivity index (χ1n) is 9.66. The number of alkyl halides is 3. The summed E-state index contributed by atoms with van der Waals surface area (Å²) in [5.74, 6) is 1.32. The summed E-state index contributed by atoms with van der Waals surface area (Å²) in [6.07, 6.45) is 0.0301. The van der Waals surface area contributed by atoms with Gasteiger partial charge in [0.1, 0.15) is 5.01 Å². The summed E-state index contributed by atoms with van der Waals surface area (Å²) >= 11 is 0.979. The molecule has 0 unspecified atom stereocenters. The van der Waals surface area contributed by atoms with Crippen molar-refractivity contribution in [1.82, 2.24) is 30.5 Å². The van der Waals surface area contributed by atoms with Gasteiger partial charge in [-0.1, -0.05) is 0 Å². The fourth-order valence-electron chi connectivity index (χ4n) is 3.04. The van der Waals surface area contributed by atoms with Crippen LogP contribution in [-0.4, -0.2) is 72.1 Å². The molecule has 164 valence electrons. The minimum atomic E-state index is -4.41. The molecule has 0 aromatic carbocycles. The van der Waals surface area contributed by atoms with E-state index in [1.54, 1.807) is 19.4 Å². The second kappa shape index (κ2) is 10.5. The minimum Gasteiger partial charge on any atom is -0.356 e. The van der Waals surface area contributed by atoms with Gasteiger partial charge >= 0.3 is 6.18 Å². The van der Waals surface area contributed by atoms with Gasteiger partial charge in [0.25, 0.3) is 0 Å². The fourth-order valence-corrected chi connectivity index (χ4v) is 3.78. The maximum absolute atomic E-state index is 12.6. The highest BCUT2D eigenvalue weighted by Gasteiger charge is 2.33. The van der Waals surface area contributed by atoms with E-state index in [2.05, 4.69) is 40.4 Å². The molecule has 3 rings (SSSR count). The number of piperazine rings is 1. The van der Waals surface area contributed by atoms with Gasteiger partial charge in [0.2, 0.25) is 5.95 Å². The van der Waals surface area contributed by atoms with Gasteiger partial charge < -0.3 is 15.5 Å². The van der Waals surface area contributed by atoms with Crippen molar-refractivity contribution in [2.24, 2.45) is 4.99 Å². The molecule has 0 bridgehead atoms. The topological polar surface area (TPSA) is 81.6 Å². The molecule has 3 heterocycles. The summed E-state index contributed by atoms with van der Waals surface area (Å²) in [5, 5.41) is 7.58. The lowest BCUT2D eigenvalue weighted by Gasteiger charge is -2.34. The quantitative estimate of drug-likeness (QED) is 0.385. The van der Waals surface area contributed by atoms with E-state index in [9.17, 15) is 13.2 Å². The Morgan fingerprint density at radius 3 is 2.53 bits per heavy atom. The zero-order chi connectivity index (χ0) is 21.4. The number of aliphatic imine (C=N–C) groups is 1. The Morgan fingerprint density at radius 2 is 1.90 bits per heavy atom. The summed E-state index contributed by atoms with van der Waals surface area (Å²) < 4.78 is 37.8. The predicted octanol–water partition coefficient (Wildman–Crippen LogP) is 1.83. The fraction of sp³-hybridized carbons (Fsp3) is 0.556. The van der Waals surface area contributed by atoms with Crippen LogP contribution in [0.3, 0.4) is 0 Å². The van der Waals surface area contributed by atoms with Crippen molar-refractivity contribution >= 4 is 23.2 Å². The van der Waals surface area contributed by atoms with Crippen LogP contribution < -0.4 is 15.5 Å². The molecule has 1 fully saturated rings. The third-order valence-electron chi connectivity index (χ3n) is 4.62. The molecular weight excluding hydrogens is 417 g/mol. The maximum Gasteiger partial charge on any atom is 0.434 e. The Kier molecular flexibility index (Phi) is 7.80. The van der Waals surface area contributed by atoms with E-state index in [-0.39, 0.29) is 6.54 Å².